The van der Waals surface area contributed by atoms with Gasteiger partial charge >= 0.3 is 0 Å². The number of hydrogen-bond acceptors (Lipinski definition) is 3. The molecule has 2 aromatic carbocycles. The third kappa shape index (κ3) is 5.21. The van der Waals surface area contributed by atoms with Crippen molar-refractivity contribution in [1.29, 1.82) is 0 Å². The van der Waals surface area contributed by atoms with Crippen molar-refractivity contribution >= 4 is 38.2 Å². The smallest absolute Gasteiger partial charge is 0.268 e. The van der Waals surface area contributed by atoms with Crippen molar-refractivity contribution in [1.82, 2.24) is 14.8 Å². The first-order valence-electron chi connectivity index (χ1n) is 12.6. The minimum absolute atomic E-state index is 0.0427. The van der Waals surface area contributed by atoms with Gasteiger partial charge in [0.15, 0.2) is 0 Å². The van der Waals surface area contributed by atoms with E-state index in [0.29, 0.717) is 12.6 Å². The number of fused-ring (bicyclic) bond motifs is 2. The molecule has 1 saturated heterocycles. The number of nitrogens with zero attached hydrogens (tertiary/aromatic N) is 2. The standard InChI is InChI=1S/C27H31N3OS.C2H6/c1-18(2)29-12-10-22(11-13-29)28-27(31)25-16-20-6-4-5-7-24(20)30(25)17-23-15-21-9-8-19(3)14-26(21)32-23;1-2/h4-9,14-16,18,22H,10-13,17H2,1-3H3,(H,28,31);1-2H3. The minimum atomic E-state index is 0.0427. The Morgan fingerprint density at radius 1 is 1.03 bits per heavy atom. The van der Waals surface area contributed by atoms with Crippen molar-refractivity contribution in [3.8, 4) is 0 Å². The van der Waals surface area contributed by atoms with Crippen molar-refractivity contribution in [2.24, 2.45) is 0 Å². The Labute approximate surface area is 207 Å². The number of para-hydroxylation sites is 1. The average Bonchev–Trinajstić information content (AvgIpc) is 3.41. The Balaban J connectivity index is 0.00000133. The van der Waals surface area contributed by atoms with Crippen molar-refractivity contribution in [3.05, 3.63) is 70.7 Å². The van der Waals surface area contributed by atoms with Crippen LogP contribution in [0.2, 0.25) is 0 Å². The average molecular weight is 476 g/mol. The third-order valence-electron chi connectivity index (χ3n) is 6.68. The predicted molar refractivity (Wildman–Crippen MR) is 146 cm³/mol. The van der Waals surface area contributed by atoms with Crippen LogP contribution in [0.1, 0.15) is 61.5 Å². The van der Waals surface area contributed by atoms with Crippen LogP contribution in [0.25, 0.3) is 21.0 Å². The number of piperidine rings is 1. The Hall–Kier alpha value is -2.63. The topological polar surface area (TPSA) is 37.3 Å². The Bertz CT molecular complexity index is 1260. The zero-order chi connectivity index (χ0) is 24.2. The largest absolute Gasteiger partial charge is 0.348 e. The van der Waals surface area contributed by atoms with Crippen LogP contribution in [-0.4, -0.2) is 40.5 Å². The van der Waals surface area contributed by atoms with E-state index in [1.54, 1.807) is 0 Å². The second-order valence-electron chi connectivity index (χ2n) is 9.31. The molecule has 0 spiro atoms. The lowest BCUT2D eigenvalue weighted by atomic mass is 10.0. The number of aromatic nitrogens is 1. The summed E-state index contributed by atoms with van der Waals surface area (Å²) in [6, 6.07) is 20.0. The van der Waals surface area contributed by atoms with Crippen molar-refractivity contribution in [2.75, 3.05) is 13.1 Å². The maximum atomic E-state index is 13.4. The zero-order valence-electron chi connectivity index (χ0n) is 21.1. The van der Waals surface area contributed by atoms with Gasteiger partial charge in [-0.15, -0.1) is 11.3 Å². The molecule has 34 heavy (non-hydrogen) atoms. The molecule has 0 saturated carbocycles. The summed E-state index contributed by atoms with van der Waals surface area (Å²) >= 11 is 1.82. The summed E-state index contributed by atoms with van der Waals surface area (Å²) in [5, 5.41) is 5.72. The molecule has 0 aliphatic carbocycles. The van der Waals surface area contributed by atoms with Crippen LogP contribution in [0.4, 0.5) is 0 Å². The molecule has 180 valence electrons. The van der Waals surface area contributed by atoms with Crippen LogP contribution >= 0.6 is 11.3 Å². The SMILES string of the molecule is CC.Cc1ccc2cc(Cn3c(C(=O)NC4CCN(C(C)C)CC4)cc4ccccc43)sc2c1. The summed E-state index contributed by atoms with van der Waals surface area (Å²) in [5.74, 6) is 0.0427. The number of rotatable bonds is 5. The summed E-state index contributed by atoms with van der Waals surface area (Å²) in [6.07, 6.45) is 2.03. The molecule has 1 amide bonds. The number of amides is 1. The number of likely N-dealkylation sites (tertiary alicyclic amines) is 1. The molecule has 5 heteroatoms. The molecule has 4 aromatic rings. The second-order valence-corrected chi connectivity index (χ2v) is 10.5. The molecule has 1 fully saturated rings. The molecule has 1 aliphatic rings. The highest BCUT2D eigenvalue weighted by atomic mass is 32.1. The fourth-order valence-electron chi connectivity index (χ4n) is 4.82. The van der Waals surface area contributed by atoms with Crippen LogP contribution < -0.4 is 5.32 Å². The number of nitrogens with one attached hydrogen (secondary N) is 1. The summed E-state index contributed by atoms with van der Waals surface area (Å²) in [6.45, 7) is 13.4. The second kappa shape index (κ2) is 10.7. The molecule has 0 bridgehead atoms. The number of carbonyl (C=O) groups excluding carboxylic acids is 1. The normalized spacial score (nSPS) is 15.0. The van der Waals surface area contributed by atoms with Crippen LogP contribution in [-0.2, 0) is 6.54 Å². The fourth-order valence-corrected chi connectivity index (χ4v) is 5.97. The Morgan fingerprint density at radius 2 is 1.76 bits per heavy atom. The molecule has 4 nitrogen and oxygen atoms in total. The maximum Gasteiger partial charge on any atom is 0.268 e. The molecule has 0 unspecified atom stereocenters. The van der Waals surface area contributed by atoms with E-state index in [0.717, 1.165) is 42.5 Å². The molecule has 5 rings (SSSR count). The number of carbonyl (C=O) groups is 1. The molecule has 1 N–H and O–H groups in total. The lowest BCUT2D eigenvalue weighted by Gasteiger charge is -2.34. The van der Waals surface area contributed by atoms with E-state index in [4.69, 9.17) is 0 Å². The molecule has 3 heterocycles. The van der Waals surface area contributed by atoms with E-state index in [2.05, 4.69) is 78.0 Å². The maximum absolute atomic E-state index is 13.4. The first kappa shape index (κ1) is 24.5. The number of benzene rings is 2. The lowest BCUT2D eigenvalue weighted by molar-refractivity contribution is 0.0892. The summed E-state index contributed by atoms with van der Waals surface area (Å²) in [5.41, 5.74) is 3.15. The van der Waals surface area contributed by atoms with E-state index in [-0.39, 0.29) is 11.9 Å². The van der Waals surface area contributed by atoms with E-state index >= 15 is 0 Å². The van der Waals surface area contributed by atoms with E-state index in [1.165, 1.54) is 20.5 Å². The quantitative estimate of drug-likeness (QED) is 0.343. The van der Waals surface area contributed by atoms with Crippen molar-refractivity contribution in [3.63, 3.8) is 0 Å². The van der Waals surface area contributed by atoms with Gasteiger partial charge < -0.3 is 14.8 Å². The highest BCUT2D eigenvalue weighted by Gasteiger charge is 2.24. The van der Waals surface area contributed by atoms with Crippen LogP contribution in [0, 0.1) is 6.92 Å². The Morgan fingerprint density at radius 3 is 2.50 bits per heavy atom. The van der Waals surface area contributed by atoms with Gasteiger partial charge in [0.25, 0.3) is 5.91 Å². The van der Waals surface area contributed by atoms with Gasteiger partial charge in [-0.25, -0.2) is 0 Å². The lowest BCUT2D eigenvalue weighted by Crippen LogP contribution is -2.46. The fraction of sp³-hybridized carbons (Fsp3) is 0.414. The minimum Gasteiger partial charge on any atom is -0.348 e. The van der Waals surface area contributed by atoms with E-state index in [1.807, 2.05) is 37.3 Å². The first-order chi connectivity index (χ1) is 16.5. The monoisotopic (exact) mass is 475 g/mol. The third-order valence-corrected chi connectivity index (χ3v) is 7.76. The number of hydrogen-bond donors (Lipinski definition) is 1. The molecular weight excluding hydrogens is 438 g/mol. The molecule has 0 radical (unpaired) electrons. The van der Waals surface area contributed by atoms with Crippen molar-refractivity contribution in [2.45, 2.75) is 66.1 Å². The summed E-state index contributed by atoms with van der Waals surface area (Å²) < 4.78 is 3.49. The number of thiophene rings is 1. The number of aryl methyl sites for hydroxylation is 1. The first-order valence-corrected chi connectivity index (χ1v) is 13.4. The van der Waals surface area contributed by atoms with Gasteiger partial charge in [0.1, 0.15) is 5.69 Å². The Kier molecular flexibility index (Phi) is 7.74. The molecule has 0 atom stereocenters. The van der Waals surface area contributed by atoms with Gasteiger partial charge in [0, 0.05) is 45.7 Å². The van der Waals surface area contributed by atoms with Gasteiger partial charge in [-0.05, 0) is 68.8 Å². The van der Waals surface area contributed by atoms with E-state index < -0.39 is 0 Å². The zero-order valence-corrected chi connectivity index (χ0v) is 21.9. The van der Waals surface area contributed by atoms with Gasteiger partial charge in [-0.1, -0.05) is 44.2 Å². The van der Waals surface area contributed by atoms with Gasteiger partial charge in [-0.2, -0.15) is 0 Å². The van der Waals surface area contributed by atoms with Gasteiger partial charge in [0.2, 0.25) is 0 Å². The molecular formula is C29H37N3OS. The molecule has 2 aromatic heterocycles. The van der Waals surface area contributed by atoms with Gasteiger partial charge in [0.05, 0.1) is 6.54 Å². The highest BCUT2D eigenvalue weighted by Crippen LogP contribution is 2.29. The van der Waals surface area contributed by atoms with Crippen molar-refractivity contribution < 1.29 is 4.79 Å². The van der Waals surface area contributed by atoms with Crippen LogP contribution in [0.3, 0.4) is 0 Å². The molecule has 1 aliphatic heterocycles. The summed E-state index contributed by atoms with van der Waals surface area (Å²) in [7, 11) is 0. The summed E-state index contributed by atoms with van der Waals surface area (Å²) in [4.78, 5) is 17.1. The van der Waals surface area contributed by atoms with E-state index in [9.17, 15) is 4.79 Å². The predicted octanol–water partition coefficient (Wildman–Crippen LogP) is 6.84. The van der Waals surface area contributed by atoms with Crippen LogP contribution in [0.5, 0.6) is 0 Å². The van der Waals surface area contributed by atoms with Gasteiger partial charge in [-0.3, -0.25) is 4.79 Å². The highest BCUT2D eigenvalue weighted by molar-refractivity contribution is 7.19. The van der Waals surface area contributed by atoms with Crippen LogP contribution in [0.15, 0.2) is 54.6 Å².